The van der Waals surface area contributed by atoms with E-state index >= 15 is 0 Å². The van der Waals surface area contributed by atoms with E-state index in [-0.39, 0.29) is 5.56 Å². The third kappa shape index (κ3) is 4.85. The van der Waals surface area contributed by atoms with E-state index in [1.54, 1.807) is 6.92 Å². The monoisotopic (exact) mass is 354 g/mol. The van der Waals surface area contributed by atoms with Crippen molar-refractivity contribution >= 4 is 11.8 Å². The van der Waals surface area contributed by atoms with Gasteiger partial charge >= 0.3 is 6.18 Å². The van der Waals surface area contributed by atoms with Crippen molar-refractivity contribution in [3.05, 3.63) is 59.5 Å². The van der Waals surface area contributed by atoms with Crippen LogP contribution in [0.25, 0.3) is 0 Å². The van der Waals surface area contributed by atoms with E-state index in [9.17, 15) is 22.8 Å². The van der Waals surface area contributed by atoms with Crippen LogP contribution in [0.4, 0.5) is 13.2 Å². The molecule has 0 radical (unpaired) electrons. The molecule has 134 valence electrons. The molecule has 1 aromatic heterocycles. The molecule has 0 aliphatic heterocycles. The van der Waals surface area contributed by atoms with E-state index < -0.39 is 35.6 Å². The average molecular weight is 354 g/mol. The lowest BCUT2D eigenvalue weighted by molar-refractivity contribution is -0.137. The Morgan fingerprint density at radius 2 is 1.68 bits per heavy atom. The second-order valence-corrected chi connectivity index (χ2v) is 5.56. The first-order chi connectivity index (χ1) is 11.7. The Balaban J connectivity index is 1.93. The molecule has 0 fully saturated rings. The van der Waals surface area contributed by atoms with Gasteiger partial charge in [0.15, 0.2) is 0 Å². The molecule has 0 saturated heterocycles. The van der Waals surface area contributed by atoms with Gasteiger partial charge in [-0.25, -0.2) is 0 Å². The minimum atomic E-state index is -4.41. The van der Waals surface area contributed by atoms with Crippen molar-refractivity contribution in [2.45, 2.75) is 32.1 Å². The number of hydrogen-bond donors (Lipinski definition) is 2. The number of benzene rings is 1. The van der Waals surface area contributed by atoms with Crippen LogP contribution in [0.3, 0.4) is 0 Å². The van der Waals surface area contributed by atoms with Gasteiger partial charge in [-0.2, -0.15) is 13.2 Å². The number of furan rings is 1. The minimum absolute atomic E-state index is 0.287. The van der Waals surface area contributed by atoms with Crippen molar-refractivity contribution in [3.8, 4) is 0 Å². The second-order valence-electron chi connectivity index (χ2n) is 5.56. The molecule has 1 heterocycles. The Bertz CT molecular complexity index is 725. The maximum Gasteiger partial charge on any atom is 0.416 e. The molecule has 0 saturated carbocycles. The van der Waals surface area contributed by atoms with Gasteiger partial charge in [0.1, 0.15) is 12.3 Å². The molecule has 0 aliphatic carbocycles. The van der Waals surface area contributed by atoms with Crippen molar-refractivity contribution < 1.29 is 27.2 Å². The third-order valence-corrected chi connectivity index (χ3v) is 3.62. The number of nitrogens with one attached hydrogen (secondary N) is 2. The van der Waals surface area contributed by atoms with Crippen molar-refractivity contribution in [1.82, 2.24) is 10.6 Å². The Morgan fingerprint density at radius 3 is 2.20 bits per heavy atom. The Morgan fingerprint density at radius 1 is 1.04 bits per heavy atom. The van der Waals surface area contributed by atoms with Crippen LogP contribution in [0.5, 0.6) is 0 Å². The van der Waals surface area contributed by atoms with Crippen LogP contribution in [-0.2, 0) is 11.0 Å². The van der Waals surface area contributed by atoms with Gasteiger partial charge in [0.2, 0.25) is 5.91 Å². The molecule has 2 amide bonds. The van der Waals surface area contributed by atoms with Gasteiger partial charge in [0.05, 0.1) is 23.4 Å². The standard InChI is InChI=1S/C17H17F3N2O3/c1-10(12-3-5-14(6-4-12)17(18,19)20)21-15(23)11(2)22-16(24)13-7-8-25-9-13/h3-11H,1-2H3,(H,21,23)(H,22,24)/t10-,11+/m0/s1. The molecule has 2 N–H and O–H groups in total. The van der Waals surface area contributed by atoms with E-state index in [1.165, 1.54) is 37.6 Å². The van der Waals surface area contributed by atoms with Crippen LogP contribution in [0, 0.1) is 0 Å². The van der Waals surface area contributed by atoms with Crippen LogP contribution in [0.2, 0.25) is 0 Å². The summed E-state index contributed by atoms with van der Waals surface area (Å²) in [5.41, 5.74) is 0.0562. The Kier molecular flexibility index (Phi) is 5.51. The van der Waals surface area contributed by atoms with Gasteiger partial charge in [0.25, 0.3) is 5.91 Å². The summed E-state index contributed by atoms with van der Waals surface area (Å²) in [5, 5.41) is 5.15. The quantitative estimate of drug-likeness (QED) is 0.865. The largest absolute Gasteiger partial charge is 0.472 e. The molecule has 0 aliphatic rings. The van der Waals surface area contributed by atoms with Gasteiger partial charge in [-0.1, -0.05) is 12.1 Å². The second kappa shape index (κ2) is 7.42. The van der Waals surface area contributed by atoms with E-state index in [4.69, 9.17) is 4.42 Å². The number of halogens is 3. The minimum Gasteiger partial charge on any atom is -0.472 e. The number of alkyl halides is 3. The highest BCUT2D eigenvalue weighted by Crippen LogP contribution is 2.29. The number of rotatable bonds is 5. The van der Waals surface area contributed by atoms with Crippen molar-refractivity contribution in [2.75, 3.05) is 0 Å². The van der Waals surface area contributed by atoms with Crippen LogP contribution >= 0.6 is 0 Å². The van der Waals surface area contributed by atoms with E-state index in [0.29, 0.717) is 5.56 Å². The lowest BCUT2D eigenvalue weighted by Crippen LogP contribution is -2.45. The molecule has 2 rings (SSSR count). The van der Waals surface area contributed by atoms with Crippen LogP contribution in [0.15, 0.2) is 47.3 Å². The molecule has 2 aromatic rings. The first kappa shape index (κ1) is 18.6. The highest BCUT2D eigenvalue weighted by molar-refractivity contribution is 5.97. The van der Waals surface area contributed by atoms with Crippen LogP contribution in [-0.4, -0.2) is 17.9 Å². The summed E-state index contributed by atoms with van der Waals surface area (Å²) >= 11 is 0. The fourth-order valence-corrected chi connectivity index (χ4v) is 2.12. The maximum atomic E-state index is 12.6. The molecule has 25 heavy (non-hydrogen) atoms. The average Bonchev–Trinajstić information content (AvgIpc) is 3.08. The number of amides is 2. The van der Waals surface area contributed by atoms with E-state index in [1.807, 2.05) is 0 Å². The number of hydrogen-bond acceptors (Lipinski definition) is 3. The zero-order valence-corrected chi connectivity index (χ0v) is 13.6. The summed E-state index contributed by atoms with van der Waals surface area (Å²) in [4.78, 5) is 24.0. The SMILES string of the molecule is C[C@H](NC(=O)[C@@H](C)NC(=O)c1ccoc1)c1ccc(C(F)(F)F)cc1. The predicted molar refractivity (Wildman–Crippen MR) is 83.6 cm³/mol. The molecule has 0 bridgehead atoms. The lowest BCUT2D eigenvalue weighted by atomic mass is 10.1. The molecule has 0 spiro atoms. The molecule has 0 unspecified atom stereocenters. The molecular formula is C17H17F3N2O3. The van der Waals surface area contributed by atoms with Crippen molar-refractivity contribution in [2.24, 2.45) is 0 Å². The van der Waals surface area contributed by atoms with Gasteiger partial charge < -0.3 is 15.1 Å². The molecule has 2 atom stereocenters. The van der Waals surface area contributed by atoms with Gasteiger partial charge in [0, 0.05) is 0 Å². The Labute approximate surface area is 142 Å². The predicted octanol–water partition coefficient (Wildman–Crippen LogP) is 3.29. The molecule has 5 nitrogen and oxygen atoms in total. The first-order valence-corrected chi connectivity index (χ1v) is 7.49. The van der Waals surface area contributed by atoms with Gasteiger partial charge in [-0.15, -0.1) is 0 Å². The summed E-state index contributed by atoms with van der Waals surface area (Å²) in [7, 11) is 0. The lowest BCUT2D eigenvalue weighted by Gasteiger charge is -2.19. The highest BCUT2D eigenvalue weighted by Gasteiger charge is 2.30. The molecular weight excluding hydrogens is 337 g/mol. The number of carbonyl (C=O) groups excluding carboxylic acids is 2. The smallest absolute Gasteiger partial charge is 0.416 e. The zero-order valence-electron chi connectivity index (χ0n) is 13.6. The first-order valence-electron chi connectivity index (χ1n) is 7.49. The summed E-state index contributed by atoms with van der Waals surface area (Å²) in [5.74, 6) is -0.914. The molecule has 8 heteroatoms. The summed E-state index contributed by atoms with van der Waals surface area (Å²) < 4.78 is 42.5. The summed E-state index contributed by atoms with van der Waals surface area (Å²) in [6.45, 7) is 3.15. The van der Waals surface area contributed by atoms with Crippen molar-refractivity contribution in [3.63, 3.8) is 0 Å². The van der Waals surface area contributed by atoms with Crippen LogP contribution < -0.4 is 10.6 Å². The highest BCUT2D eigenvalue weighted by atomic mass is 19.4. The van der Waals surface area contributed by atoms with Crippen molar-refractivity contribution in [1.29, 1.82) is 0 Å². The van der Waals surface area contributed by atoms with Gasteiger partial charge in [-0.05, 0) is 37.6 Å². The molecule has 1 aromatic carbocycles. The Hall–Kier alpha value is -2.77. The van der Waals surface area contributed by atoms with E-state index in [2.05, 4.69) is 10.6 Å². The normalized spacial score (nSPS) is 13.8. The fourth-order valence-electron chi connectivity index (χ4n) is 2.12. The van der Waals surface area contributed by atoms with Gasteiger partial charge in [-0.3, -0.25) is 9.59 Å². The summed E-state index contributed by atoms with van der Waals surface area (Å²) in [6, 6.07) is 4.67. The zero-order chi connectivity index (χ0) is 18.6. The maximum absolute atomic E-state index is 12.6. The fraction of sp³-hybridized carbons (Fsp3) is 0.294. The summed E-state index contributed by atoms with van der Waals surface area (Å²) in [6.07, 6.45) is -1.81. The van der Waals surface area contributed by atoms with E-state index in [0.717, 1.165) is 12.1 Å². The third-order valence-electron chi connectivity index (χ3n) is 3.62. The van der Waals surface area contributed by atoms with Crippen LogP contribution in [0.1, 0.15) is 41.4 Å². The topological polar surface area (TPSA) is 71.3 Å². The number of carbonyl (C=O) groups is 2.